The lowest BCUT2D eigenvalue weighted by Crippen LogP contribution is -2.33. The largest absolute Gasteiger partial charge is 0.480 e. The molecule has 0 fully saturated rings. The number of halogens is 1. The molecule has 39 heavy (non-hydrogen) atoms. The third-order valence-electron chi connectivity index (χ3n) is 6.83. The second-order valence-electron chi connectivity index (χ2n) is 9.84. The number of amides is 1. The van der Waals surface area contributed by atoms with Gasteiger partial charge in [-0.2, -0.15) is 10.2 Å². The highest BCUT2D eigenvalue weighted by molar-refractivity contribution is 6.32. The van der Waals surface area contributed by atoms with Gasteiger partial charge in [0.05, 0.1) is 47.0 Å². The Balaban J connectivity index is 1.76. The van der Waals surface area contributed by atoms with Gasteiger partial charge in [0.15, 0.2) is 5.78 Å². The normalized spacial score (nSPS) is 16.7. The third-order valence-corrected chi connectivity index (χ3v) is 7.09. The number of allylic oxidation sites excluding steroid dienone is 4. The average molecular weight is 543 g/mol. The number of hydrogen-bond donors (Lipinski definition) is 0. The molecular weight excluding hydrogens is 516 g/mol. The molecule has 0 saturated carbocycles. The van der Waals surface area contributed by atoms with Gasteiger partial charge in [0.2, 0.25) is 11.8 Å². The summed E-state index contributed by atoms with van der Waals surface area (Å²) in [6.45, 7) is 4.05. The lowest BCUT2D eigenvalue weighted by atomic mass is 9.99. The number of fused-ring (bicyclic) bond motifs is 1. The Hall–Kier alpha value is -4.42. The third kappa shape index (κ3) is 4.37. The van der Waals surface area contributed by atoms with Gasteiger partial charge in [0.25, 0.3) is 5.91 Å². The second kappa shape index (κ2) is 10.0. The van der Waals surface area contributed by atoms with E-state index in [1.807, 2.05) is 46.1 Å². The van der Waals surface area contributed by atoms with Crippen LogP contribution in [0.3, 0.4) is 0 Å². The summed E-state index contributed by atoms with van der Waals surface area (Å²) in [6.07, 6.45) is 4.99. The number of nitriles is 1. The van der Waals surface area contributed by atoms with E-state index in [0.717, 1.165) is 17.0 Å². The molecule has 9 nitrogen and oxygen atoms in total. The summed E-state index contributed by atoms with van der Waals surface area (Å²) >= 11 is 6.30. The van der Waals surface area contributed by atoms with Crippen molar-refractivity contribution in [2.75, 3.05) is 26.1 Å². The van der Waals surface area contributed by atoms with Crippen molar-refractivity contribution in [3.8, 4) is 23.2 Å². The van der Waals surface area contributed by atoms with Crippen LogP contribution in [0.4, 0.5) is 5.95 Å². The van der Waals surface area contributed by atoms with Gasteiger partial charge in [-0.3, -0.25) is 14.5 Å². The second-order valence-corrected chi connectivity index (χ2v) is 10.3. The van der Waals surface area contributed by atoms with Crippen molar-refractivity contribution >= 4 is 29.2 Å². The van der Waals surface area contributed by atoms with Gasteiger partial charge in [0.1, 0.15) is 6.04 Å². The first kappa shape index (κ1) is 26.2. The fourth-order valence-corrected chi connectivity index (χ4v) is 5.27. The van der Waals surface area contributed by atoms with E-state index in [9.17, 15) is 14.9 Å². The first-order valence-corrected chi connectivity index (χ1v) is 12.8. The summed E-state index contributed by atoms with van der Waals surface area (Å²) in [6, 6.07) is 10.3. The van der Waals surface area contributed by atoms with Crippen LogP contribution >= 0.6 is 11.6 Å². The number of carbonyl (C=O) groups is 2. The maximum Gasteiger partial charge on any atom is 0.261 e. The molecule has 10 heteroatoms. The SMILES string of the molecule is COc1nc(N(C)C)ncc1-c1cc2c(n1C(C)C)[C@H](c1ccc(C#N)cc1)N(C1=CC(Cl)=CCC1=O)C2=O. The van der Waals surface area contributed by atoms with Gasteiger partial charge >= 0.3 is 0 Å². The number of hydrogen-bond acceptors (Lipinski definition) is 7. The Labute approximate surface area is 231 Å². The van der Waals surface area contributed by atoms with Crippen LogP contribution in [0.2, 0.25) is 0 Å². The fourth-order valence-electron chi connectivity index (χ4n) is 5.09. The zero-order valence-electron chi connectivity index (χ0n) is 22.3. The van der Waals surface area contributed by atoms with Gasteiger partial charge in [-0.15, -0.1) is 0 Å². The van der Waals surface area contributed by atoms with E-state index in [-0.39, 0.29) is 29.9 Å². The highest BCUT2D eigenvalue weighted by atomic mass is 35.5. The zero-order chi connectivity index (χ0) is 28.0. The minimum Gasteiger partial charge on any atom is -0.480 e. The number of Topliss-reactive ketones (excluding diaryl/α,β-unsaturated/α-hetero) is 1. The first-order valence-electron chi connectivity index (χ1n) is 12.4. The van der Waals surface area contributed by atoms with Crippen molar-refractivity contribution in [3.05, 3.63) is 81.8 Å². The number of nitrogens with zero attached hydrogens (tertiary/aromatic N) is 6. The lowest BCUT2D eigenvalue weighted by molar-refractivity contribution is -0.116. The van der Waals surface area contributed by atoms with E-state index in [1.165, 1.54) is 4.90 Å². The number of rotatable bonds is 6. The summed E-state index contributed by atoms with van der Waals surface area (Å²) in [5, 5.41) is 9.75. The van der Waals surface area contributed by atoms with Crippen LogP contribution in [-0.2, 0) is 4.79 Å². The molecule has 2 aliphatic rings. The van der Waals surface area contributed by atoms with Crippen molar-refractivity contribution in [2.24, 2.45) is 0 Å². The molecular formula is C29H27ClN6O3. The average Bonchev–Trinajstić information content (AvgIpc) is 3.44. The highest BCUT2D eigenvalue weighted by Crippen LogP contribution is 2.47. The number of anilines is 1. The molecule has 0 N–H and O–H groups in total. The van der Waals surface area contributed by atoms with Gasteiger partial charge in [-0.05, 0) is 43.7 Å². The van der Waals surface area contributed by atoms with E-state index in [2.05, 4.69) is 20.6 Å². The van der Waals surface area contributed by atoms with Gasteiger partial charge < -0.3 is 14.2 Å². The van der Waals surface area contributed by atoms with Gasteiger partial charge in [-0.25, -0.2) is 4.98 Å². The van der Waals surface area contributed by atoms with Crippen LogP contribution in [0.5, 0.6) is 5.88 Å². The number of methoxy groups -OCH3 is 1. The molecule has 0 unspecified atom stereocenters. The molecule has 5 rings (SSSR count). The maximum atomic E-state index is 14.1. The monoisotopic (exact) mass is 542 g/mol. The minimum atomic E-state index is -0.623. The zero-order valence-corrected chi connectivity index (χ0v) is 23.0. The number of ether oxygens (including phenoxy) is 1. The Morgan fingerprint density at radius 3 is 2.51 bits per heavy atom. The molecule has 3 heterocycles. The lowest BCUT2D eigenvalue weighted by Gasteiger charge is -2.31. The molecule has 1 aliphatic carbocycles. The molecule has 1 atom stereocenters. The summed E-state index contributed by atoms with van der Waals surface area (Å²) in [4.78, 5) is 39.5. The van der Waals surface area contributed by atoms with Crippen LogP contribution in [0.1, 0.15) is 59.5 Å². The molecule has 198 valence electrons. The van der Waals surface area contributed by atoms with Crippen LogP contribution < -0.4 is 9.64 Å². The molecule has 0 spiro atoms. The molecule has 1 aliphatic heterocycles. The summed E-state index contributed by atoms with van der Waals surface area (Å²) in [5.74, 6) is 0.377. The molecule has 3 aromatic rings. The number of carbonyl (C=O) groups excluding carboxylic acids is 2. The Morgan fingerprint density at radius 2 is 1.90 bits per heavy atom. The molecule has 2 aromatic heterocycles. The Kier molecular flexibility index (Phi) is 6.74. The fraction of sp³-hybridized carbons (Fsp3) is 0.276. The molecule has 0 radical (unpaired) electrons. The van der Waals surface area contributed by atoms with E-state index in [0.29, 0.717) is 33.6 Å². The maximum absolute atomic E-state index is 14.1. The smallest absolute Gasteiger partial charge is 0.261 e. The summed E-state index contributed by atoms with van der Waals surface area (Å²) < 4.78 is 7.71. The number of benzene rings is 1. The molecule has 0 bridgehead atoms. The molecule has 1 amide bonds. The van der Waals surface area contributed by atoms with Crippen LogP contribution in [0.15, 0.2) is 59.4 Å². The standard InChI is InChI=1S/C29H27ClN6O3/c1-16(2)35-22(21-15-32-29(34(3)4)33-27(21)39-5)13-20-26(35)25(18-8-6-17(14-31)7-9-18)36(28(20)38)23-12-19(30)10-11-24(23)37/h6-10,12-13,15-16,25H,11H2,1-5H3/t25-/m0/s1. The van der Waals surface area contributed by atoms with Crippen LogP contribution in [0, 0.1) is 11.3 Å². The number of aromatic nitrogens is 3. The summed E-state index contributed by atoms with van der Waals surface area (Å²) in [7, 11) is 5.24. The van der Waals surface area contributed by atoms with E-state index in [1.54, 1.807) is 42.5 Å². The molecule has 0 saturated heterocycles. The van der Waals surface area contributed by atoms with Gasteiger partial charge in [0, 0.05) is 37.8 Å². The van der Waals surface area contributed by atoms with Crippen LogP contribution in [-0.4, -0.2) is 52.3 Å². The van der Waals surface area contributed by atoms with Crippen molar-refractivity contribution in [1.29, 1.82) is 5.26 Å². The predicted octanol–water partition coefficient (Wildman–Crippen LogP) is 5.00. The van der Waals surface area contributed by atoms with E-state index >= 15 is 0 Å². The van der Waals surface area contributed by atoms with Crippen molar-refractivity contribution in [3.63, 3.8) is 0 Å². The van der Waals surface area contributed by atoms with E-state index in [4.69, 9.17) is 16.3 Å². The highest BCUT2D eigenvalue weighted by Gasteiger charge is 2.45. The Morgan fingerprint density at radius 1 is 1.18 bits per heavy atom. The summed E-state index contributed by atoms with van der Waals surface area (Å²) in [5.41, 5.74) is 4.06. The van der Waals surface area contributed by atoms with Crippen molar-refractivity contribution in [2.45, 2.75) is 32.4 Å². The topological polar surface area (TPSA) is 104 Å². The predicted molar refractivity (Wildman–Crippen MR) is 148 cm³/mol. The van der Waals surface area contributed by atoms with E-state index < -0.39 is 6.04 Å². The minimum absolute atomic E-state index is 0.0740. The Bertz CT molecular complexity index is 1590. The van der Waals surface area contributed by atoms with Crippen molar-refractivity contribution < 1.29 is 14.3 Å². The quantitative estimate of drug-likeness (QED) is 0.432. The first-order chi connectivity index (χ1) is 18.7. The van der Waals surface area contributed by atoms with Crippen LogP contribution in [0.25, 0.3) is 11.3 Å². The van der Waals surface area contributed by atoms with Gasteiger partial charge in [-0.1, -0.05) is 29.8 Å². The number of ketones is 1. The molecule has 1 aromatic carbocycles. The van der Waals surface area contributed by atoms with Crippen molar-refractivity contribution in [1.82, 2.24) is 19.4 Å².